The molecule has 0 spiro atoms. The molecule has 2 N–H and O–H groups in total. The molecule has 0 radical (unpaired) electrons. The van der Waals surface area contributed by atoms with Crippen molar-refractivity contribution in [1.29, 1.82) is 0 Å². The summed E-state index contributed by atoms with van der Waals surface area (Å²) < 4.78 is 4.76. The van der Waals surface area contributed by atoms with Crippen LogP contribution in [0.1, 0.15) is 29.3 Å². The first kappa shape index (κ1) is 15.0. The van der Waals surface area contributed by atoms with E-state index in [-0.39, 0.29) is 5.97 Å². The lowest BCUT2D eigenvalue weighted by atomic mass is 9.87. The summed E-state index contributed by atoms with van der Waals surface area (Å²) in [5, 5.41) is 0. The Balaban J connectivity index is 2.01. The van der Waals surface area contributed by atoms with Gasteiger partial charge in [-0.3, -0.25) is 4.90 Å². The van der Waals surface area contributed by atoms with Gasteiger partial charge in [-0.05, 0) is 49.0 Å². The molecule has 4 heteroatoms. The van der Waals surface area contributed by atoms with E-state index in [9.17, 15) is 4.79 Å². The molecular formula is C16H24N2O2. The Bertz CT molecular complexity index is 462. The largest absolute Gasteiger partial charge is 0.465 e. The second-order valence-corrected chi connectivity index (χ2v) is 5.69. The van der Waals surface area contributed by atoms with Crippen molar-refractivity contribution < 1.29 is 9.53 Å². The number of carbonyl (C=O) groups is 1. The van der Waals surface area contributed by atoms with E-state index < -0.39 is 0 Å². The zero-order valence-electron chi connectivity index (χ0n) is 12.3. The fraction of sp³-hybridized carbons (Fsp3) is 0.562. The molecule has 1 aromatic rings. The van der Waals surface area contributed by atoms with Crippen LogP contribution in [-0.4, -0.2) is 37.6 Å². The predicted octanol–water partition coefficient (Wildman–Crippen LogP) is 1.89. The van der Waals surface area contributed by atoms with Crippen molar-refractivity contribution in [3.8, 4) is 0 Å². The summed E-state index contributed by atoms with van der Waals surface area (Å²) in [5.74, 6) is 1.00. The zero-order chi connectivity index (χ0) is 14.5. The van der Waals surface area contributed by atoms with Gasteiger partial charge in [-0.15, -0.1) is 0 Å². The van der Waals surface area contributed by atoms with Gasteiger partial charge in [-0.1, -0.05) is 19.1 Å². The SMILES string of the molecule is COC(=O)c1cccc(CN2CCC(C)C(CN)C2)c1. The third-order valence-electron chi connectivity index (χ3n) is 4.26. The van der Waals surface area contributed by atoms with Gasteiger partial charge in [0.05, 0.1) is 12.7 Å². The number of benzene rings is 1. The van der Waals surface area contributed by atoms with Crippen molar-refractivity contribution in [3.05, 3.63) is 35.4 Å². The van der Waals surface area contributed by atoms with Gasteiger partial charge in [-0.25, -0.2) is 4.79 Å². The van der Waals surface area contributed by atoms with E-state index in [1.165, 1.54) is 13.5 Å². The van der Waals surface area contributed by atoms with Gasteiger partial charge in [0.1, 0.15) is 0 Å². The quantitative estimate of drug-likeness (QED) is 0.853. The van der Waals surface area contributed by atoms with E-state index in [0.29, 0.717) is 17.4 Å². The molecular weight excluding hydrogens is 252 g/mol. The van der Waals surface area contributed by atoms with Gasteiger partial charge in [0.15, 0.2) is 0 Å². The molecule has 2 rings (SSSR count). The van der Waals surface area contributed by atoms with E-state index in [1.54, 1.807) is 6.07 Å². The maximum atomic E-state index is 11.5. The smallest absolute Gasteiger partial charge is 0.337 e. The molecule has 0 aliphatic carbocycles. The van der Waals surface area contributed by atoms with Crippen LogP contribution in [-0.2, 0) is 11.3 Å². The molecule has 1 saturated heterocycles. The van der Waals surface area contributed by atoms with Crippen LogP contribution in [0.25, 0.3) is 0 Å². The Morgan fingerprint density at radius 2 is 2.30 bits per heavy atom. The Morgan fingerprint density at radius 1 is 1.50 bits per heavy atom. The molecule has 0 aromatic heterocycles. The van der Waals surface area contributed by atoms with Crippen molar-refractivity contribution in [2.75, 3.05) is 26.7 Å². The molecule has 0 bridgehead atoms. The minimum Gasteiger partial charge on any atom is -0.465 e. The number of carbonyl (C=O) groups excluding carboxylic acids is 1. The lowest BCUT2D eigenvalue weighted by Crippen LogP contribution is -2.42. The van der Waals surface area contributed by atoms with Crippen LogP contribution in [0, 0.1) is 11.8 Å². The van der Waals surface area contributed by atoms with Gasteiger partial charge in [-0.2, -0.15) is 0 Å². The first-order chi connectivity index (χ1) is 9.63. The Kier molecular flexibility index (Phi) is 5.15. The predicted molar refractivity (Wildman–Crippen MR) is 79.4 cm³/mol. The third-order valence-corrected chi connectivity index (χ3v) is 4.26. The first-order valence-corrected chi connectivity index (χ1v) is 7.23. The van der Waals surface area contributed by atoms with Crippen LogP contribution in [0.3, 0.4) is 0 Å². The highest BCUT2D eigenvalue weighted by Crippen LogP contribution is 2.23. The molecule has 4 nitrogen and oxygen atoms in total. The van der Waals surface area contributed by atoms with Gasteiger partial charge in [0.2, 0.25) is 0 Å². The number of methoxy groups -OCH3 is 1. The van der Waals surface area contributed by atoms with Crippen molar-refractivity contribution >= 4 is 5.97 Å². The van der Waals surface area contributed by atoms with Crippen molar-refractivity contribution in [2.45, 2.75) is 19.9 Å². The van der Waals surface area contributed by atoms with E-state index in [1.807, 2.05) is 12.1 Å². The highest BCUT2D eigenvalue weighted by molar-refractivity contribution is 5.89. The first-order valence-electron chi connectivity index (χ1n) is 7.23. The van der Waals surface area contributed by atoms with Crippen LogP contribution >= 0.6 is 0 Å². The average molecular weight is 276 g/mol. The van der Waals surface area contributed by atoms with Gasteiger partial charge in [0.25, 0.3) is 0 Å². The summed E-state index contributed by atoms with van der Waals surface area (Å²) in [5.41, 5.74) is 7.61. The van der Waals surface area contributed by atoms with Gasteiger partial charge < -0.3 is 10.5 Å². The van der Waals surface area contributed by atoms with Crippen molar-refractivity contribution in [2.24, 2.45) is 17.6 Å². The number of nitrogens with two attached hydrogens (primary N) is 1. The summed E-state index contributed by atoms with van der Waals surface area (Å²) in [7, 11) is 1.41. The van der Waals surface area contributed by atoms with Gasteiger partial charge in [0, 0.05) is 13.1 Å². The summed E-state index contributed by atoms with van der Waals surface area (Å²) in [6.07, 6.45) is 1.19. The standard InChI is InChI=1S/C16H24N2O2/c1-12-6-7-18(11-15(12)9-17)10-13-4-3-5-14(8-13)16(19)20-2/h3-5,8,12,15H,6-7,9-11,17H2,1-2H3. The minimum atomic E-state index is -0.279. The molecule has 0 saturated carbocycles. The normalized spacial score (nSPS) is 23.6. The number of rotatable bonds is 4. The van der Waals surface area contributed by atoms with Crippen LogP contribution in [0.4, 0.5) is 0 Å². The van der Waals surface area contributed by atoms with E-state index in [2.05, 4.69) is 17.9 Å². The fourth-order valence-corrected chi connectivity index (χ4v) is 2.85. The zero-order valence-corrected chi connectivity index (χ0v) is 12.3. The number of nitrogens with zero attached hydrogens (tertiary/aromatic N) is 1. The summed E-state index contributed by atoms with van der Waals surface area (Å²) in [6, 6.07) is 7.67. The summed E-state index contributed by atoms with van der Waals surface area (Å²) in [4.78, 5) is 14.0. The molecule has 1 heterocycles. The highest BCUT2D eigenvalue weighted by Gasteiger charge is 2.25. The number of hydrogen-bond donors (Lipinski definition) is 1. The number of hydrogen-bond acceptors (Lipinski definition) is 4. The summed E-state index contributed by atoms with van der Waals surface area (Å²) >= 11 is 0. The van der Waals surface area contributed by atoms with Crippen LogP contribution in [0.15, 0.2) is 24.3 Å². The molecule has 1 aromatic carbocycles. The molecule has 110 valence electrons. The van der Waals surface area contributed by atoms with E-state index >= 15 is 0 Å². The second kappa shape index (κ2) is 6.86. The average Bonchev–Trinajstić information content (AvgIpc) is 2.48. The summed E-state index contributed by atoms with van der Waals surface area (Å²) in [6.45, 7) is 6.04. The molecule has 20 heavy (non-hydrogen) atoms. The van der Waals surface area contributed by atoms with Crippen LogP contribution < -0.4 is 5.73 Å². The second-order valence-electron chi connectivity index (χ2n) is 5.69. The minimum absolute atomic E-state index is 0.279. The van der Waals surface area contributed by atoms with E-state index in [4.69, 9.17) is 10.5 Å². The Hall–Kier alpha value is -1.39. The molecule has 1 fully saturated rings. The monoisotopic (exact) mass is 276 g/mol. The topological polar surface area (TPSA) is 55.6 Å². The lowest BCUT2D eigenvalue weighted by Gasteiger charge is -2.36. The molecule has 1 aliphatic heterocycles. The maximum Gasteiger partial charge on any atom is 0.337 e. The van der Waals surface area contributed by atoms with E-state index in [0.717, 1.165) is 31.7 Å². The van der Waals surface area contributed by atoms with Gasteiger partial charge >= 0.3 is 5.97 Å². The molecule has 2 atom stereocenters. The molecule has 1 aliphatic rings. The number of esters is 1. The highest BCUT2D eigenvalue weighted by atomic mass is 16.5. The number of likely N-dealkylation sites (tertiary alicyclic amines) is 1. The van der Waals surface area contributed by atoms with Crippen molar-refractivity contribution in [1.82, 2.24) is 4.90 Å². The van der Waals surface area contributed by atoms with Crippen LogP contribution in [0.2, 0.25) is 0 Å². The number of ether oxygens (including phenoxy) is 1. The molecule has 2 unspecified atom stereocenters. The maximum absolute atomic E-state index is 11.5. The number of piperidine rings is 1. The Labute approximate surface area is 120 Å². The third kappa shape index (κ3) is 3.58. The fourth-order valence-electron chi connectivity index (χ4n) is 2.85. The van der Waals surface area contributed by atoms with Crippen molar-refractivity contribution in [3.63, 3.8) is 0 Å². The lowest BCUT2D eigenvalue weighted by molar-refractivity contribution is 0.0600. The van der Waals surface area contributed by atoms with Crippen LogP contribution in [0.5, 0.6) is 0 Å². The Morgan fingerprint density at radius 3 is 3.00 bits per heavy atom. The molecule has 0 amide bonds.